The van der Waals surface area contributed by atoms with Gasteiger partial charge >= 0.3 is 0 Å². The number of nitrogens with zero attached hydrogens (tertiary/aromatic N) is 3. The monoisotopic (exact) mass is 318 g/mol. The number of azo groups is 1. The first-order chi connectivity index (χ1) is 8.95. The van der Waals surface area contributed by atoms with Gasteiger partial charge in [-0.3, -0.25) is 4.48 Å². The van der Waals surface area contributed by atoms with Crippen molar-refractivity contribution in [1.82, 2.24) is 4.48 Å². The molecular formula is C15H17BrN3+. The van der Waals surface area contributed by atoms with E-state index < -0.39 is 0 Å². The molecule has 0 radical (unpaired) electrons. The molecule has 0 saturated carbocycles. The molecule has 0 unspecified atom stereocenters. The molecule has 0 aromatic heterocycles. The minimum atomic E-state index is 0.796. The minimum absolute atomic E-state index is 0.796. The van der Waals surface area contributed by atoms with Crippen LogP contribution in [0.5, 0.6) is 0 Å². The second-order valence-electron chi connectivity index (χ2n) is 5.21. The van der Waals surface area contributed by atoms with Crippen molar-refractivity contribution in [1.29, 1.82) is 0 Å². The summed E-state index contributed by atoms with van der Waals surface area (Å²) >= 11 is 3.39. The first-order valence-electron chi connectivity index (χ1n) is 6.04. The highest BCUT2D eigenvalue weighted by Gasteiger charge is 2.10. The lowest BCUT2D eigenvalue weighted by Gasteiger charge is -2.23. The van der Waals surface area contributed by atoms with Crippen LogP contribution in [-0.4, -0.2) is 21.1 Å². The van der Waals surface area contributed by atoms with Crippen LogP contribution < -0.4 is 4.48 Å². The molecule has 0 atom stereocenters. The molecule has 0 bridgehead atoms. The number of rotatable bonds is 3. The van der Waals surface area contributed by atoms with Gasteiger partial charge in [-0.05, 0) is 36.4 Å². The highest BCUT2D eigenvalue weighted by Crippen LogP contribution is 2.24. The summed E-state index contributed by atoms with van der Waals surface area (Å²) in [6.07, 6.45) is 0. The molecule has 2 aromatic carbocycles. The molecule has 0 heterocycles. The molecule has 19 heavy (non-hydrogen) atoms. The second-order valence-corrected chi connectivity index (χ2v) is 6.12. The van der Waals surface area contributed by atoms with Crippen molar-refractivity contribution in [3.05, 3.63) is 53.0 Å². The van der Waals surface area contributed by atoms with Gasteiger partial charge in [0.05, 0.1) is 32.5 Å². The van der Waals surface area contributed by atoms with Gasteiger partial charge in [0.15, 0.2) is 0 Å². The number of hydrogen-bond acceptors (Lipinski definition) is 2. The summed E-state index contributed by atoms with van der Waals surface area (Å²) in [5, 5.41) is 8.44. The van der Waals surface area contributed by atoms with E-state index in [-0.39, 0.29) is 0 Å². The molecule has 4 heteroatoms. The van der Waals surface area contributed by atoms with Gasteiger partial charge in [0.2, 0.25) is 0 Å². The fraction of sp³-hybridized carbons (Fsp3) is 0.200. The van der Waals surface area contributed by atoms with Crippen molar-refractivity contribution in [2.24, 2.45) is 10.2 Å². The van der Waals surface area contributed by atoms with Gasteiger partial charge in [0.25, 0.3) is 0 Å². The molecule has 0 aliphatic carbocycles. The van der Waals surface area contributed by atoms with Gasteiger partial charge in [-0.2, -0.15) is 10.2 Å². The smallest absolute Gasteiger partial charge is 0.132 e. The molecule has 0 aliphatic heterocycles. The predicted molar refractivity (Wildman–Crippen MR) is 84.3 cm³/mol. The van der Waals surface area contributed by atoms with Crippen molar-refractivity contribution in [3.8, 4) is 0 Å². The Bertz CT molecular complexity index is 566. The third-order valence-electron chi connectivity index (χ3n) is 2.73. The average molecular weight is 319 g/mol. The Labute approximate surface area is 122 Å². The SMILES string of the molecule is C[N+](C)(C)c1ccc(N=Nc2ccc(Br)cc2)cc1. The lowest BCUT2D eigenvalue weighted by atomic mass is 10.2. The molecule has 2 aromatic rings. The van der Waals surface area contributed by atoms with Gasteiger partial charge in [0.1, 0.15) is 5.69 Å². The van der Waals surface area contributed by atoms with Gasteiger partial charge in [-0.1, -0.05) is 15.9 Å². The maximum Gasteiger partial charge on any atom is 0.132 e. The quantitative estimate of drug-likeness (QED) is 0.558. The summed E-state index contributed by atoms with van der Waals surface area (Å²) < 4.78 is 1.84. The first kappa shape index (κ1) is 13.9. The Balaban J connectivity index is 2.13. The largest absolute Gasteiger partial charge is 0.298 e. The maximum absolute atomic E-state index is 4.23. The topological polar surface area (TPSA) is 24.7 Å². The number of benzene rings is 2. The van der Waals surface area contributed by atoms with Crippen molar-refractivity contribution in [3.63, 3.8) is 0 Å². The Hall–Kier alpha value is -1.52. The first-order valence-corrected chi connectivity index (χ1v) is 6.84. The van der Waals surface area contributed by atoms with E-state index in [1.807, 2.05) is 36.4 Å². The zero-order chi connectivity index (χ0) is 13.9. The Morgan fingerprint density at radius 1 is 0.737 bits per heavy atom. The molecular weight excluding hydrogens is 302 g/mol. The normalized spacial score (nSPS) is 12.0. The van der Waals surface area contributed by atoms with E-state index in [0.717, 1.165) is 20.3 Å². The van der Waals surface area contributed by atoms with E-state index in [1.165, 1.54) is 5.69 Å². The van der Waals surface area contributed by atoms with Crippen LogP contribution in [0.1, 0.15) is 0 Å². The van der Waals surface area contributed by atoms with E-state index in [0.29, 0.717) is 0 Å². The van der Waals surface area contributed by atoms with E-state index in [9.17, 15) is 0 Å². The van der Waals surface area contributed by atoms with Crippen molar-refractivity contribution < 1.29 is 0 Å². The third kappa shape index (κ3) is 3.98. The Kier molecular flexibility index (Phi) is 4.12. The summed E-state index contributed by atoms with van der Waals surface area (Å²) in [5.41, 5.74) is 2.95. The highest BCUT2D eigenvalue weighted by atomic mass is 79.9. The summed E-state index contributed by atoms with van der Waals surface area (Å²) in [6.45, 7) is 0. The van der Waals surface area contributed by atoms with E-state index in [1.54, 1.807) is 0 Å². The molecule has 0 aliphatic rings. The molecule has 2 rings (SSSR count). The molecule has 0 fully saturated rings. The fourth-order valence-corrected chi connectivity index (χ4v) is 1.85. The number of halogens is 1. The molecule has 3 nitrogen and oxygen atoms in total. The van der Waals surface area contributed by atoms with Crippen LogP contribution in [0.3, 0.4) is 0 Å². The lowest BCUT2D eigenvalue weighted by Crippen LogP contribution is -2.34. The van der Waals surface area contributed by atoms with Gasteiger partial charge in [0, 0.05) is 16.6 Å². The number of hydrogen-bond donors (Lipinski definition) is 0. The van der Waals surface area contributed by atoms with E-state index in [2.05, 4.69) is 59.4 Å². The zero-order valence-corrected chi connectivity index (χ0v) is 12.9. The van der Waals surface area contributed by atoms with Crippen LogP contribution in [-0.2, 0) is 0 Å². The third-order valence-corrected chi connectivity index (χ3v) is 3.26. The Morgan fingerprint density at radius 2 is 1.16 bits per heavy atom. The second kappa shape index (κ2) is 5.63. The minimum Gasteiger partial charge on any atom is -0.298 e. The standard InChI is InChI=1S/C15H17BrN3/c1-19(2,3)15-10-8-14(9-11-15)18-17-13-6-4-12(16)5-7-13/h4-11H,1-3H3/q+1. The lowest BCUT2D eigenvalue weighted by molar-refractivity contribution is 0.486. The fourth-order valence-electron chi connectivity index (χ4n) is 1.59. The molecule has 0 N–H and O–H groups in total. The van der Waals surface area contributed by atoms with Gasteiger partial charge in [-0.15, -0.1) is 0 Å². The zero-order valence-electron chi connectivity index (χ0n) is 11.3. The summed E-state index contributed by atoms with van der Waals surface area (Å²) in [6, 6.07) is 15.9. The molecule has 0 spiro atoms. The van der Waals surface area contributed by atoms with Crippen LogP contribution >= 0.6 is 15.9 Å². The van der Waals surface area contributed by atoms with Crippen LogP contribution in [0, 0.1) is 0 Å². The van der Waals surface area contributed by atoms with E-state index in [4.69, 9.17) is 0 Å². The van der Waals surface area contributed by atoms with Crippen LogP contribution in [0.4, 0.5) is 17.1 Å². The Morgan fingerprint density at radius 3 is 1.58 bits per heavy atom. The molecule has 98 valence electrons. The average Bonchev–Trinajstić information content (AvgIpc) is 2.37. The highest BCUT2D eigenvalue weighted by molar-refractivity contribution is 9.10. The van der Waals surface area contributed by atoms with Gasteiger partial charge in [-0.25, -0.2) is 0 Å². The van der Waals surface area contributed by atoms with Crippen molar-refractivity contribution in [2.45, 2.75) is 0 Å². The summed E-state index contributed by atoms with van der Waals surface area (Å²) in [4.78, 5) is 0. The van der Waals surface area contributed by atoms with Crippen LogP contribution in [0.25, 0.3) is 0 Å². The van der Waals surface area contributed by atoms with Crippen molar-refractivity contribution >= 4 is 33.0 Å². The van der Waals surface area contributed by atoms with E-state index >= 15 is 0 Å². The molecule has 0 amide bonds. The maximum atomic E-state index is 4.23. The molecule has 0 saturated heterocycles. The summed E-state index contributed by atoms with van der Waals surface area (Å²) in [7, 11) is 6.41. The van der Waals surface area contributed by atoms with Gasteiger partial charge < -0.3 is 0 Å². The predicted octanol–water partition coefficient (Wildman–Crippen LogP) is 5.06. The van der Waals surface area contributed by atoms with Crippen LogP contribution in [0.15, 0.2) is 63.2 Å². The van der Waals surface area contributed by atoms with Crippen molar-refractivity contribution in [2.75, 3.05) is 21.1 Å². The van der Waals surface area contributed by atoms with Crippen LogP contribution in [0.2, 0.25) is 0 Å². The number of quaternary nitrogens is 1. The summed E-state index contributed by atoms with van der Waals surface area (Å²) in [5.74, 6) is 0.